The van der Waals surface area contributed by atoms with E-state index >= 15 is 0 Å². The van der Waals surface area contributed by atoms with Crippen molar-refractivity contribution in [3.8, 4) is 0 Å². The van der Waals surface area contributed by atoms with Crippen molar-refractivity contribution in [2.45, 2.75) is 51.0 Å². The summed E-state index contributed by atoms with van der Waals surface area (Å²) in [5.41, 5.74) is 0.558. The van der Waals surface area contributed by atoms with Gasteiger partial charge >= 0.3 is 0 Å². The van der Waals surface area contributed by atoms with Crippen LogP contribution in [0.1, 0.15) is 43.9 Å². The van der Waals surface area contributed by atoms with Crippen LogP contribution in [0, 0.1) is 11.6 Å². The quantitative estimate of drug-likeness (QED) is 0.871. The van der Waals surface area contributed by atoms with Gasteiger partial charge in [-0.3, -0.25) is 9.48 Å². The molecule has 1 amide bonds. The summed E-state index contributed by atoms with van der Waals surface area (Å²) < 4.78 is 29.7. The van der Waals surface area contributed by atoms with E-state index < -0.39 is 17.0 Å². The number of aryl methyl sites for hydroxylation is 1. The Balaban J connectivity index is 1.70. The first-order chi connectivity index (χ1) is 12.0. The molecule has 1 aliphatic carbocycles. The molecule has 1 N–H and O–H groups in total. The second-order valence-electron chi connectivity index (χ2n) is 6.73. The van der Waals surface area contributed by atoms with Crippen LogP contribution in [-0.4, -0.2) is 22.2 Å². The summed E-state index contributed by atoms with van der Waals surface area (Å²) in [5, 5.41) is 7.20. The molecule has 1 saturated carbocycles. The Morgan fingerprint density at radius 1 is 1.28 bits per heavy atom. The highest BCUT2D eigenvalue weighted by Gasteiger charge is 2.38. The van der Waals surface area contributed by atoms with Crippen molar-refractivity contribution in [1.29, 1.82) is 0 Å². The molecule has 1 aliphatic rings. The van der Waals surface area contributed by atoms with Gasteiger partial charge in [0.2, 0.25) is 5.91 Å². The third-order valence-electron chi connectivity index (χ3n) is 5.05. The zero-order valence-electron chi connectivity index (χ0n) is 14.4. The maximum atomic E-state index is 14.3. The van der Waals surface area contributed by atoms with Gasteiger partial charge in [-0.2, -0.15) is 5.10 Å². The van der Waals surface area contributed by atoms with Crippen LogP contribution in [0.25, 0.3) is 0 Å². The molecule has 0 aliphatic heterocycles. The van der Waals surface area contributed by atoms with Crippen LogP contribution in [0.2, 0.25) is 0 Å². The summed E-state index contributed by atoms with van der Waals surface area (Å²) in [7, 11) is 0. The molecule has 0 unspecified atom stereocenters. The van der Waals surface area contributed by atoms with E-state index in [1.54, 1.807) is 4.68 Å². The van der Waals surface area contributed by atoms with Crippen molar-refractivity contribution in [1.82, 2.24) is 15.1 Å². The largest absolute Gasteiger partial charge is 0.355 e. The van der Waals surface area contributed by atoms with Gasteiger partial charge in [0.05, 0.1) is 12.1 Å². The summed E-state index contributed by atoms with van der Waals surface area (Å²) in [6.07, 6.45) is 5.42. The summed E-state index contributed by atoms with van der Waals surface area (Å²) in [4.78, 5) is 12.3. The molecular weight excluding hydrogens is 324 g/mol. The van der Waals surface area contributed by atoms with E-state index in [0.717, 1.165) is 38.3 Å². The van der Waals surface area contributed by atoms with Gasteiger partial charge in [-0.25, -0.2) is 8.78 Å². The van der Waals surface area contributed by atoms with Gasteiger partial charge in [0.25, 0.3) is 0 Å². The van der Waals surface area contributed by atoms with E-state index in [1.807, 2.05) is 19.2 Å². The number of benzene rings is 1. The van der Waals surface area contributed by atoms with Crippen LogP contribution in [-0.2, 0) is 23.2 Å². The molecule has 3 rings (SSSR count). The molecule has 0 saturated heterocycles. The summed E-state index contributed by atoms with van der Waals surface area (Å²) in [6.45, 7) is 3.05. The van der Waals surface area contributed by atoms with E-state index in [4.69, 9.17) is 0 Å². The van der Waals surface area contributed by atoms with Gasteiger partial charge in [-0.05, 0) is 49.6 Å². The minimum atomic E-state index is -0.523. The minimum absolute atomic E-state index is 0.149. The summed E-state index contributed by atoms with van der Waals surface area (Å²) >= 11 is 0. The van der Waals surface area contributed by atoms with Crippen molar-refractivity contribution in [3.63, 3.8) is 0 Å². The first-order valence-corrected chi connectivity index (χ1v) is 8.77. The van der Waals surface area contributed by atoms with E-state index in [1.165, 1.54) is 12.1 Å². The van der Waals surface area contributed by atoms with Crippen LogP contribution in [0.4, 0.5) is 8.78 Å². The van der Waals surface area contributed by atoms with Gasteiger partial charge < -0.3 is 5.32 Å². The Bertz CT molecular complexity index is 751. The summed E-state index contributed by atoms with van der Waals surface area (Å²) in [5.74, 6) is -0.997. The van der Waals surface area contributed by atoms with Crippen molar-refractivity contribution >= 4 is 5.91 Å². The topological polar surface area (TPSA) is 46.9 Å². The van der Waals surface area contributed by atoms with Crippen molar-refractivity contribution in [3.05, 3.63) is 53.4 Å². The molecule has 25 heavy (non-hydrogen) atoms. The fraction of sp³-hybridized carbons (Fsp3) is 0.474. The number of hydrogen-bond acceptors (Lipinski definition) is 2. The molecule has 1 heterocycles. The Hall–Kier alpha value is -2.24. The molecule has 1 fully saturated rings. The molecule has 134 valence electrons. The minimum Gasteiger partial charge on any atom is -0.355 e. The molecule has 0 radical (unpaired) electrons. The fourth-order valence-corrected chi connectivity index (χ4v) is 3.67. The lowest BCUT2D eigenvalue weighted by Gasteiger charge is -2.30. The Morgan fingerprint density at radius 3 is 2.72 bits per heavy atom. The van der Waals surface area contributed by atoms with Crippen LogP contribution in [0.15, 0.2) is 30.5 Å². The van der Waals surface area contributed by atoms with Crippen molar-refractivity contribution < 1.29 is 13.6 Å². The van der Waals surface area contributed by atoms with Crippen LogP contribution >= 0.6 is 0 Å². The highest BCUT2D eigenvalue weighted by Crippen LogP contribution is 2.41. The third-order valence-corrected chi connectivity index (χ3v) is 5.05. The van der Waals surface area contributed by atoms with Gasteiger partial charge in [-0.1, -0.05) is 12.8 Å². The standard InChI is InChI=1S/C19H23F2N3O/c1-2-24-10-7-15(23-24)12-18(25)22-13-19(8-3-4-9-19)16-11-14(20)5-6-17(16)21/h5-7,10-11H,2-4,8-9,12-13H2,1H3,(H,22,25). The van der Waals surface area contributed by atoms with E-state index in [-0.39, 0.29) is 12.3 Å². The molecule has 6 heteroatoms. The number of aromatic nitrogens is 2. The number of nitrogens with one attached hydrogen (secondary N) is 1. The molecule has 0 bridgehead atoms. The predicted molar refractivity (Wildman–Crippen MR) is 91.1 cm³/mol. The SMILES string of the molecule is CCn1ccc(CC(=O)NCC2(c3cc(F)ccc3F)CCCC2)n1. The lowest BCUT2D eigenvalue weighted by Crippen LogP contribution is -2.40. The van der Waals surface area contributed by atoms with Crippen LogP contribution in [0.5, 0.6) is 0 Å². The van der Waals surface area contributed by atoms with E-state index in [9.17, 15) is 13.6 Å². The number of hydrogen-bond donors (Lipinski definition) is 1. The number of carbonyl (C=O) groups is 1. The molecule has 1 aromatic heterocycles. The highest BCUT2D eigenvalue weighted by molar-refractivity contribution is 5.78. The first-order valence-electron chi connectivity index (χ1n) is 8.77. The Morgan fingerprint density at radius 2 is 2.04 bits per heavy atom. The highest BCUT2D eigenvalue weighted by atomic mass is 19.1. The first kappa shape index (κ1) is 17.6. The molecule has 0 spiro atoms. The Kier molecular flexibility index (Phi) is 5.16. The molecule has 1 aromatic carbocycles. The number of rotatable bonds is 6. The van der Waals surface area contributed by atoms with E-state index in [0.29, 0.717) is 17.8 Å². The third kappa shape index (κ3) is 3.89. The second-order valence-corrected chi connectivity index (χ2v) is 6.73. The van der Waals surface area contributed by atoms with Gasteiger partial charge in [-0.15, -0.1) is 0 Å². The predicted octanol–water partition coefficient (Wildman–Crippen LogP) is 3.35. The fourth-order valence-electron chi connectivity index (χ4n) is 3.67. The normalized spacial score (nSPS) is 16.1. The zero-order chi connectivity index (χ0) is 17.9. The smallest absolute Gasteiger partial charge is 0.226 e. The van der Waals surface area contributed by atoms with Gasteiger partial charge in [0.1, 0.15) is 11.6 Å². The van der Waals surface area contributed by atoms with Gasteiger partial charge in [0.15, 0.2) is 0 Å². The molecule has 0 atom stereocenters. The average Bonchev–Trinajstić information content (AvgIpc) is 3.25. The monoisotopic (exact) mass is 347 g/mol. The summed E-state index contributed by atoms with van der Waals surface area (Å²) in [6, 6.07) is 5.39. The average molecular weight is 347 g/mol. The Labute approximate surface area is 146 Å². The number of amides is 1. The number of nitrogens with zero attached hydrogens (tertiary/aromatic N) is 2. The number of carbonyl (C=O) groups excluding carboxylic acids is 1. The maximum absolute atomic E-state index is 14.3. The lowest BCUT2D eigenvalue weighted by molar-refractivity contribution is -0.120. The van der Waals surface area contributed by atoms with E-state index in [2.05, 4.69) is 10.4 Å². The maximum Gasteiger partial charge on any atom is 0.226 e. The van der Waals surface area contributed by atoms with Crippen molar-refractivity contribution in [2.24, 2.45) is 0 Å². The molecule has 2 aromatic rings. The van der Waals surface area contributed by atoms with Gasteiger partial charge in [0, 0.05) is 24.7 Å². The second kappa shape index (κ2) is 7.33. The molecule has 4 nitrogen and oxygen atoms in total. The number of halogens is 2. The molecular formula is C19H23F2N3O. The van der Waals surface area contributed by atoms with Crippen LogP contribution in [0.3, 0.4) is 0 Å². The van der Waals surface area contributed by atoms with Crippen LogP contribution < -0.4 is 5.32 Å². The zero-order valence-corrected chi connectivity index (χ0v) is 14.4. The lowest BCUT2D eigenvalue weighted by atomic mass is 9.78. The van der Waals surface area contributed by atoms with Crippen molar-refractivity contribution in [2.75, 3.05) is 6.54 Å².